The fraction of sp³-hybridized carbons (Fsp3) is 0.545. The molecule has 3 N–H and O–H groups in total. The molecule has 0 spiro atoms. The fourth-order valence-corrected chi connectivity index (χ4v) is 2.30. The molecule has 0 aliphatic rings. The number of unbranched alkanes of at least 4 members (excludes halogenated alkanes) is 1. The summed E-state index contributed by atoms with van der Waals surface area (Å²) in [6.07, 6.45) is 2.14. The summed E-state index contributed by atoms with van der Waals surface area (Å²) in [5.74, 6) is -0.210. The number of thiocarbonyl (C=S) groups is 1. The summed E-state index contributed by atoms with van der Waals surface area (Å²) in [6.45, 7) is 6.60. The van der Waals surface area contributed by atoms with Gasteiger partial charge in [0.2, 0.25) is 0 Å². The second-order valence-electron chi connectivity index (χ2n) is 3.84. The van der Waals surface area contributed by atoms with Crippen LogP contribution in [0.25, 0.3) is 0 Å². The van der Waals surface area contributed by atoms with E-state index in [1.807, 2.05) is 13.8 Å². The molecule has 1 amide bonds. The highest BCUT2D eigenvalue weighted by Gasteiger charge is 2.13. The molecule has 0 aliphatic heterocycles. The summed E-state index contributed by atoms with van der Waals surface area (Å²) in [5, 5.41) is 4.31. The minimum atomic E-state index is -0.210. The van der Waals surface area contributed by atoms with Crippen LogP contribution in [-0.2, 0) is 0 Å². The van der Waals surface area contributed by atoms with Crippen LogP contribution < -0.4 is 16.2 Å². The first kappa shape index (κ1) is 14.8. The lowest BCUT2D eigenvalue weighted by Crippen LogP contribution is -2.46. The topological polar surface area (TPSA) is 66.0 Å². The van der Waals surface area contributed by atoms with Crippen molar-refractivity contribution in [2.75, 3.05) is 6.54 Å². The quantitative estimate of drug-likeness (QED) is 0.446. The molecule has 100 valence electrons. The molecule has 0 fully saturated rings. The van der Waals surface area contributed by atoms with Crippen molar-refractivity contribution in [1.82, 2.24) is 21.2 Å². The number of carbonyl (C=O) groups excluding carboxylic acids is 1. The molecular weight excluding hydrogens is 268 g/mol. The standard InChI is InChI=1S/C11H18N4OS2/c1-4-5-6-12-11(17)15-14-10(16)9-7(2)13-8(3)18-9/h4-6H2,1-3H3,(H,14,16)(H2,12,15,17). The highest BCUT2D eigenvalue weighted by Crippen LogP contribution is 2.16. The number of nitrogens with one attached hydrogen (secondary N) is 3. The van der Waals surface area contributed by atoms with Crippen LogP contribution >= 0.6 is 23.6 Å². The number of thiazole rings is 1. The second-order valence-corrected chi connectivity index (χ2v) is 5.45. The molecule has 1 aromatic rings. The van der Waals surface area contributed by atoms with Gasteiger partial charge in [-0.15, -0.1) is 11.3 Å². The molecule has 0 aliphatic carbocycles. The van der Waals surface area contributed by atoms with Crippen molar-refractivity contribution in [2.24, 2.45) is 0 Å². The normalized spacial score (nSPS) is 9.94. The van der Waals surface area contributed by atoms with E-state index in [-0.39, 0.29) is 5.91 Å². The zero-order valence-corrected chi connectivity index (χ0v) is 12.4. The second kappa shape index (κ2) is 7.27. The average molecular weight is 286 g/mol. The van der Waals surface area contributed by atoms with Crippen LogP contribution in [-0.4, -0.2) is 22.5 Å². The Morgan fingerprint density at radius 1 is 1.39 bits per heavy atom. The van der Waals surface area contributed by atoms with Crippen LogP contribution in [0.15, 0.2) is 0 Å². The van der Waals surface area contributed by atoms with E-state index in [4.69, 9.17) is 12.2 Å². The Morgan fingerprint density at radius 3 is 2.67 bits per heavy atom. The van der Waals surface area contributed by atoms with E-state index in [1.165, 1.54) is 11.3 Å². The van der Waals surface area contributed by atoms with Crippen LogP contribution in [0.1, 0.15) is 40.1 Å². The monoisotopic (exact) mass is 286 g/mol. The van der Waals surface area contributed by atoms with E-state index in [1.54, 1.807) is 0 Å². The number of hydrogen-bond donors (Lipinski definition) is 3. The molecule has 18 heavy (non-hydrogen) atoms. The smallest absolute Gasteiger partial charge is 0.281 e. The lowest BCUT2D eigenvalue weighted by atomic mass is 10.3. The Bertz CT molecular complexity index is 431. The summed E-state index contributed by atoms with van der Waals surface area (Å²) in [7, 11) is 0. The maximum atomic E-state index is 11.8. The molecular formula is C11H18N4OS2. The molecule has 0 aromatic carbocycles. The Labute approximate surface area is 116 Å². The highest BCUT2D eigenvalue weighted by atomic mass is 32.1. The van der Waals surface area contributed by atoms with Gasteiger partial charge in [0.15, 0.2) is 5.11 Å². The van der Waals surface area contributed by atoms with Crippen LogP contribution in [0.5, 0.6) is 0 Å². The molecule has 1 rings (SSSR count). The molecule has 0 unspecified atom stereocenters. The number of rotatable bonds is 4. The number of hydrazine groups is 1. The molecule has 0 atom stereocenters. The van der Waals surface area contributed by atoms with E-state index in [0.717, 1.165) is 30.1 Å². The van der Waals surface area contributed by atoms with Crippen molar-refractivity contribution in [1.29, 1.82) is 0 Å². The van der Waals surface area contributed by atoms with Gasteiger partial charge in [-0.2, -0.15) is 0 Å². The van der Waals surface area contributed by atoms with Crippen molar-refractivity contribution < 1.29 is 4.79 Å². The van der Waals surface area contributed by atoms with Crippen molar-refractivity contribution in [3.8, 4) is 0 Å². The number of carbonyl (C=O) groups is 1. The third kappa shape index (κ3) is 4.58. The first-order valence-electron chi connectivity index (χ1n) is 5.82. The minimum Gasteiger partial charge on any atom is -0.361 e. The van der Waals surface area contributed by atoms with Crippen LogP contribution in [0.4, 0.5) is 0 Å². The van der Waals surface area contributed by atoms with E-state index in [0.29, 0.717) is 9.99 Å². The minimum absolute atomic E-state index is 0.210. The van der Waals surface area contributed by atoms with Crippen LogP contribution in [0, 0.1) is 13.8 Å². The van der Waals surface area contributed by atoms with Gasteiger partial charge in [0.05, 0.1) is 10.7 Å². The molecule has 0 saturated carbocycles. The first-order chi connectivity index (χ1) is 8.54. The third-order valence-electron chi connectivity index (χ3n) is 2.22. The SMILES string of the molecule is CCCCNC(=S)NNC(=O)c1sc(C)nc1C. The number of hydrogen-bond acceptors (Lipinski definition) is 4. The molecule has 1 heterocycles. The average Bonchev–Trinajstić information content (AvgIpc) is 2.66. The van der Waals surface area contributed by atoms with E-state index in [2.05, 4.69) is 28.1 Å². The highest BCUT2D eigenvalue weighted by molar-refractivity contribution is 7.80. The van der Waals surface area contributed by atoms with Gasteiger partial charge in [0.1, 0.15) is 4.88 Å². The predicted octanol–water partition coefficient (Wildman–Crippen LogP) is 1.67. The Hall–Kier alpha value is -1.21. The largest absolute Gasteiger partial charge is 0.361 e. The number of aromatic nitrogens is 1. The van der Waals surface area contributed by atoms with Gasteiger partial charge in [0, 0.05) is 6.54 Å². The van der Waals surface area contributed by atoms with Gasteiger partial charge in [0.25, 0.3) is 5.91 Å². The van der Waals surface area contributed by atoms with E-state index in [9.17, 15) is 4.79 Å². The first-order valence-corrected chi connectivity index (χ1v) is 7.05. The van der Waals surface area contributed by atoms with Gasteiger partial charge < -0.3 is 5.32 Å². The van der Waals surface area contributed by atoms with Crippen molar-refractivity contribution >= 4 is 34.6 Å². The molecule has 7 heteroatoms. The zero-order valence-electron chi connectivity index (χ0n) is 10.8. The lowest BCUT2D eigenvalue weighted by molar-refractivity contribution is 0.0947. The Balaban J connectivity index is 2.37. The summed E-state index contributed by atoms with van der Waals surface area (Å²) < 4.78 is 0. The van der Waals surface area contributed by atoms with Crippen molar-refractivity contribution in [3.63, 3.8) is 0 Å². The van der Waals surface area contributed by atoms with Gasteiger partial charge in [-0.1, -0.05) is 13.3 Å². The zero-order chi connectivity index (χ0) is 13.5. The molecule has 0 bridgehead atoms. The number of aryl methyl sites for hydroxylation is 2. The molecule has 0 saturated heterocycles. The number of nitrogens with zero attached hydrogens (tertiary/aromatic N) is 1. The van der Waals surface area contributed by atoms with E-state index < -0.39 is 0 Å². The van der Waals surface area contributed by atoms with Gasteiger partial charge >= 0.3 is 0 Å². The van der Waals surface area contributed by atoms with Crippen LogP contribution in [0.2, 0.25) is 0 Å². The van der Waals surface area contributed by atoms with Crippen LogP contribution in [0.3, 0.4) is 0 Å². The van der Waals surface area contributed by atoms with Crippen molar-refractivity contribution in [2.45, 2.75) is 33.6 Å². The Morgan fingerprint density at radius 2 is 2.11 bits per heavy atom. The third-order valence-corrected chi connectivity index (χ3v) is 3.53. The van der Waals surface area contributed by atoms with Gasteiger partial charge in [-0.3, -0.25) is 15.6 Å². The summed E-state index contributed by atoms with van der Waals surface area (Å²) in [5.41, 5.74) is 5.97. The predicted molar refractivity (Wildman–Crippen MR) is 77.7 cm³/mol. The maximum absolute atomic E-state index is 11.8. The lowest BCUT2D eigenvalue weighted by Gasteiger charge is -2.10. The summed E-state index contributed by atoms with van der Waals surface area (Å²) in [4.78, 5) is 16.6. The number of amides is 1. The maximum Gasteiger partial charge on any atom is 0.281 e. The van der Waals surface area contributed by atoms with Gasteiger partial charge in [-0.25, -0.2) is 4.98 Å². The summed E-state index contributed by atoms with van der Waals surface area (Å²) in [6, 6.07) is 0. The molecule has 1 aromatic heterocycles. The summed E-state index contributed by atoms with van der Waals surface area (Å²) >= 11 is 6.39. The fourth-order valence-electron chi connectivity index (χ4n) is 1.34. The van der Waals surface area contributed by atoms with E-state index >= 15 is 0 Å². The van der Waals surface area contributed by atoms with Gasteiger partial charge in [-0.05, 0) is 32.5 Å². The van der Waals surface area contributed by atoms with Crippen molar-refractivity contribution in [3.05, 3.63) is 15.6 Å². The molecule has 5 nitrogen and oxygen atoms in total. The molecule has 0 radical (unpaired) electrons. The Kier molecular flexibility index (Phi) is 6.00.